The first-order valence-electron chi connectivity index (χ1n) is 12.5. The van der Waals surface area contributed by atoms with Gasteiger partial charge in [-0.25, -0.2) is 0 Å². The van der Waals surface area contributed by atoms with Gasteiger partial charge in [-0.05, 0) is 56.7 Å². The lowest BCUT2D eigenvalue weighted by molar-refractivity contribution is 0.104. The molecule has 0 bridgehead atoms. The Morgan fingerprint density at radius 1 is 0.825 bits per heavy atom. The van der Waals surface area contributed by atoms with Crippen LogP contribution in [0.5, 0.6) is 23.0 Å². The van der Waals surface area contributed by atoms with E-state index in [-0.39, 0.29) is 55.4 Å². The number of carbonyl (C=O) groups excluding carboxylic acids is 1. The molecule has 1 aromatic heterocycles. The number of pyridine rings is 1. The standard InChI is InChI=1S/C27H32N4O6.3ClH/c1-34-20-11-16-19(14-21(20)35-2)27(33)31(10-4-7-30-9-8-29-6-3-5-28)25-17-12-22-23(37-15-36-22)13-18(17)26(32)24(16)25;;;/h11-14,29-30H,3-10,15,28H2,1-2H3;3*1H. The number of ketones is 1. The molecular formula is C27H35Cl3N4O6. The van der Waals surface area contributed by atoms with Gasteiger partial charge in [0, 0.05) is 36.1 Å². The molecule has 0 fully saturated rings. The summed E-state index contributed by atoms with van der Waals surface area (Å²) in [5.74, 6) is 1.83. The Balaban J connectivity index is 0.00000187. The smallest absolute Gasteiger partial charge is 0.259 e. The molecular weight excluding hydrogens is 583 g/mol. The summed E-state index contributed by atoms with van der Waals surface area (Å²) in [6.45, 7) is 4.52. The zero-order valence-corrected chi connectivity index (χ0v) is 24.8. The van der Waals surface area contributed by atoms with Crippen LogP contribution in [0.4, 0.5) is 0 Å². The Morgan fingerprint density at radius 2 is 1.40 bits per heavy atom. The fraction of sp³-hybridized carbons (Fsp3) is 0.407. The summed E-state index contributed by atoms with van der Waals surface area (Å²) in [5, 5.41) is 7.69. The van der Waals surface area contributed by atoms with Crippen LogP contribution in [0, 0.1) is 0 Å². The maximum atomic E-state index is 13.8. The molecule has 1 aliphatic heterocycles. The summed E-state index contributed by atoms with van der Waals surface area (Å²) in [6, 6.07) is 6.87. The minimum Gasteiger partial charge on any atom is -0.493 e. The van der Waals surface area contributed by atoms with Crippen molar-refractivity contribution in [3.63, 3.8) is 0 Å². The Labute approximate surface area is 251 Å². The van der Waals surface area contributed by atoms with Gasteiger partial charge in [-0.15, -0.1) is 37.2 Å². The summed E-state index contributed by atoms with van der Waals surface area (Å²) in [5.41, 5.74) is 7.58. The first-order chi connectivity index (χ1) is 18.1. The van der Waals surface area contributed by atoms with E-state index in [1.807, 2.05) is 0 Å². The number of nitrogens with one attached hydrogen (secondary N) is 2. The van der Waals surface area contributed by atoms with Crippen LogP contribution in [0.2, 0.25) is 0 Å². The number of benzene rings is 2. The minimum atomic E-state index is -0.184. The third kappa shape index (κ3) is 6.12. The Kier molecular flexibility index (Phi) is 12.4. The molecule has 220 valence electrons. The number of rotatable bonds is 12. The number of nitrogens with zero attached hydrogens (tertiary/aromatic N) is 1. The van der Waals surface area contributed by atoms with Crippen molar-refractivity contribution < 1.29 is 23.7 Å². The number of nitrogens with two attached hydrogens (primary N) is 1. The van der Waals surface area contributed by atoms with E-state index < -0.39 is 0 Å². The van der Waals surface area contributed by atoms with Crippen LogP contribution < -0.4 is 40.9 Å². The van der Waals surface area contributed by atoms with Crippen molar-refractivity contribution in [1.82, 2.24) is 15.2 Å². The average Bonchev–Trinajstić information content (AvgIpc) is 3.49. The van der Waals surface area contributed by atoms with E-state index in [1.54, 1.807) is 28.8 Å². The lowest BCUT2D eigenvalue weighted by Crippen LogP contribution is -2.30. The Hall–Kier alpha value is -2.73. The van der Waals surface area contributed by atoms with Crippen LogP contribution in [-0.2, 0) is 6.54 Å². The van der Waals surface area contributed by atoms with Crippen molar-refractivity contribution >= 4 is 53.8 Å². The normalized spacial score (nSPS) is 12.2. The summed E-state index contributed by atoms with van der Waals surface area (Å²) < 4.78 is 23.7. The fourth-order valence-electron chi connectivity index (χ4n) is 4.97. The number of carbonyl (C=O) groups is 1. The second-order valence-electron chi connectivity index (χ2n) is 9.01. The molecule has 2 aromatic carbocycles. The molecule has 0 amide bonds. The van der Waals surface area contributed by atoms with E-state index in [1.165, 1.54) is 14.2 Å². The molecule has 0 spiro atoms. The van der Waals surface area contributed by atoms with Gasteiger partial charge in [0.1, 0.15) is 0 Å². The van der Waals surface area contributed by atoms with Crippen molar-refractivity contribution in [2.45, 2.75) is 19.4 Å². The van der Waals surface area contributed by atoms with Crippen LogP contribution in [0.3, 0.4) is 0 Å². The van der Waals surface area contributed by atoms with Crippen molar-refractivity contribution in [3.05, 3.63) is 45.7 Å². The van der Waals surface area contributed by atoms with Gasteiger partial charge in [-0.2, -0.15) is 0 Å². The van der Waals surface area contributed by atoms with E-state index in [9.17, 15) is 9.59 Å². The zero-order valence-electron chi connectivity index (χ0n) is 22.4. The van der Waals surface area contributed by atoms with Gasteiger partial charge in [0.05, 0.1) is 30.9 Å². The molecule has 3 aromatic rings. The summed E-state index contributed by atoms with van der Waals surface area (Å²) >= 11 is 0. The van der Waals surface area contributed by atoms with Gasteiger partial charge in [0.2, 0.25) is 6.79 Å². The molecule has 2 aliphatic rings. The number of methoxy groups -OCH3 is 2. The maximum Gasteiger partial charge on any atom is 0.259 e. The average molecular weight is 618 g/mol. The minimum absolute atomic E-state index is 0. The molecule has 1 aliphatic carbocycles. The SMILES string of the molecule is COc1cc2c3c(n(CCCNCCNCCCN)c(=O)c2cc1OC)-c1cc2c(cc1C3=O)OCO2.Cl.Cl.Cl. The second kappa shape index (κ2) is 14.8. The molecule has 4 N–H and O–H groups in total. The van der Waals surface area contributed by atoms with Crippen LogP contribution in [0.15, 0.2) is 29.1 Å². The molecule has 0 unspecified atom stereocenters. The predicted molar refractivity (Wildman–Crippen MR) is 162 cm³/mol. The number of ether oxygens (including phenoxy) is 4. The maximum absolute atomic E-state index is 13.8. The molecule has 0 saturated heterocycles. The van der Waals surface area contributed by atoms with Gasteiger partial charge >= 0.3 is 0 Å². The highest BCUT2D eigenvalue weighted by Crippen LogP contribution is 2.46. The van der Waals surface area contributed by atoms with Crippen molar-refractivity contribution in [2.24, 2.45) is 5.73 Å². The van der Waals surface area contributed by atoms with Crippen molar-refractivity contribution in [2.75, 3.05) is 53.7 Å². The van der Waals surface area contributed by atoms with Crippen molar-refractivity contribution in [3.8, 4) is 34.3 Å². The number of fused-ring (bicyclic) bond motifs is 6. The molecule has 10 nitrogen and oxygen atoms in total. The zero-order chi connectivity index (χ0) is 25.9. The lowest BCUT2D eigenvalue weighted by atomic mass is 10.0. The quantitative estimate of drug-likeness (QED) is 0.206. The fourth-order valence-corrected chi connectivity index (χ4v) is 4.97. The van der Waals surface area contributed by atoms with Crippen LogP contribution in [0.25, 0.3) is 22.0 Å². The molecule has 0 saturated carbocycles. The predicted octanol–water partition coefficient (Wildman–Crippen LogP) is 3.14. The lowest BCUT2D eigenvalue weighted by Gasteiger charge is -2.17. The van der Waals surface area contributed by atoms with Crippen LogP contribution in [0.1, 0.15) is 28.8 Å². The van der Waals surface area contributed by atoms with E-state index in [0.717, 1.165) is 32.6 Å². The van der Waals surface area contributed by atoms with Gasteiger partial charge in [-0.3, -0.25) is 9.59 Å². The molecule has 0 atom stereocenters. The summed E-state index contributed by atoms with van der Waals surface area (Å²) in [4.78, 5) is 27.6. The second-order valence-corrected chi connectivity index (χ2v) is 9.01. The molecule has 0 radical (unpaired) electrons. The Morgan fingerprint density at radius 3 is 2.00 bits per heavy atom. The molecule has 13 heteroatoms. The van der Waals surface area contributed by atoms with Crippen LogP contribution in [-0.4, -0.2) is 64.1 Å². The van der Waals surface area contributed by atoms with E-state index in [4.69, 9.17) is 24.7 Å². The molecule has 5 rings (SSSR count). The topological polar surface area (TPSA) is 126 Å². The number of halogens is 3. The van der Waals surface area contributed by atoms with Crippen molar-refractivity contribution in [1.29, 1.82) is 0 Å². The third-order valence-corrected chi connectivity index (χ3v) is 6.79. The Bertz CT molecular complexity index is 1420. The highest BCUT2D eigenvalue weighted by molar-refractivity contribution is 6.27. The van der Waals surface area contributed by atoms with Gasteiger partial charge in [0.15, 0.2) is 28.8 Å². The first-order valence-corrected chi connectivity index (χ1v) is 12.5. The number of aromatic nitrogens is 1. The highest BCUT2D eigenvalue weighted by atomic mass is 35.5. The van der Waals surface area contributed by atoms with E-state index in [0.29, 0.717) is 75.7 Å². The molecule has 2 heterocycles. The van der Waals surface area contributed by atoms with Gasteiger partial charge < -0.3 is 39.9 Å². The molecule has 40 heavy (non-hydrogen) atoms. The van der Waals surface area contributed by atoms with Crippen LogP contribution >= 0.6 is 37.2 Å². The van der Waals surface area contributed by atoms with Gasteiger partial charge in [0.25, 0.3) is 5.56 Å². The van der Waals surface area contributed by atoms with Gasteiger partial charge in [-0.1, -0.05) is 0 Å². The number of hydrogen-bond donors (Lipinski definition) is 3. The number of hydrogen-bond acceptors (Lipinski definition) is 9. The summed E-state index contributed by atoms with van der Waals surface area (Å²) in [6.07, 6.45) is 1.66. The third-order valence-electron chi connectivity index (χ3n) is 6.79. The van der Waals surface area contributed by atoms with E-state index >= 15 is 0 Å². The first kappa shape index (κ1) is 33.5. The van der Waals surface area contributed by atoms with E-state index in [2.05, 4.69) is 10.6 Å². The largest absolute Gasteiger partial charge is 0.493 e. The monoisotopic (exact) mass is 616 g/mol. The highest BCUT2D eigenvalue weighted by Gasteiger charge is 2.35. The summed E-state index contributed by atoms with van der Waals surface area (Å²) in [7, 11) is 3.05.